The Labute approximate surface area is 430 Å². The summed E-state index contributed by atoms with van der Waals surface area (Å²) in [5, 5.41) is 11.7. The van der Waals surface area contributed by atoms with Crippen molar-refractivity contribution in [1.82, 2.24) is 35.2 Å². The van der Waals surface area contributed by atoms with Crippen molar-refractivity contribution in [2.75, 3.05) is 39.6 Å². The quantitative estimate of drug-likeness (QED) is 0.0516. The Kier molecular flexibility index (Phi) is 17.0. The lowest BCUT2D eigenvalue weighted by molar-refractivity contribution is -0.144. The van der Waals surface area contributed by atoms with Crippen molar-refractivity contribution >= 4 is 56.8 Å². The lowest BCUT2D eigenvalue weighted by Gasteiger charge is -2.35. The molecule has 1 fully saturated rings. The summed E-state index contributed by atoms with van der Waals surface area (Å²) in [6, 6.07) is 22.2. The highest BCUT2D eigenvalue weighted by Gasteiger charge is 2.42. The number of amides is 4. The van der Waals surface area contributed by atoms with Crippen LogP contribution in [-0.2, 0) is 36.9 Å². The number of nitrogens with zero attached hydrogens (tertiary/aromatic N) is 5. The number of carbonyl (C=O) groups excluding carboxylic acids is 4. The van der Waals surface area contributed by atoms with Crippen molar-refractivity contribution in [3.05, 3.63) is 118 Å². The van der Waals surface area contributed by atoms with Crippen molar-refractivity contribution in [3.63, 3.8) is 0 Å². The number of ether oxygens (including phenoxy) is 3. The van der Waals surface area contributed by atoms with Crippen molar-refractivity contribution < 1.29 is 37.9 Å². The van der Waals surface area contributed by atoms with Gasteiger partial charge >= 0.3 is 0 Å². The minimum Gasteiger partial charge on any atom is -0.494 e. The van der Waals surface area contributed by atoms with Gasteiger partial charge in [-0.15, -0.1) is 11.3 Å². The van der Waals surface area contributed by atoms with Gasteiger partial charge in [-0.3, -0.25) is 24.2 Å². The molecule has 2 atom stereocenters. The van der Waals surface area contributed by atoms with E-state index in [9.17, 15) is 19.2 Å². The number of nitrogens with two attached hydrogens (primary N) is 1. The molecule has 4 aromatic heterocycles. The fourth-order valence-electron chi connectivity index (χ4n) is 9.53. The van der Waals surface area contributed by atoms with Crippen LogP contribution < -0.4 is 21.1 Å². The SMILES string of the molecule is Cc1ncsc1-c1ccc(CNC(=O)[C@@H]2CCCN2C(=O)C(NC(=O)COCCCOCCCCCOc2ccc3c(c2)c2c(C(N)=O)cc(-c4c(C)noc4C)cc2n3Cc2ccccn2)C(C)(C)C)cc1. The van der Waals surface area contributed by atoms with Crippen LogP contribution in [0.25, 0.3) is 43.4 Å². The molecule has 1 aliphatic heterocycles. The second-order valence-corrected chi connectivity index (χ2v) is 20.6. The highest BCUT2D eigenvalue weighted by molar-refractivity contribution is 7.13. The van der Waals surface area contributed by atoms with E-state index in [1.54, 1.807) is 22.4 Å². The van der Waals surface area contributed by atoms with E-state index in [1.165, 1.54) is 0 Å². The maximum Gasteiger partial charge on any atom is 0.249 e. The molecule has 3 aromatic carbocycles. The molecule has 0 radical (unpaired) electrons. The van der Waals surface area contributed by atoms with Crippen LogP contribution in [0.15, 0.2) is 89.0 Å². The number of rotatable bonds is 23. The lowest BCUT2D eigenvalue weighted by atomic mass is 9.85. The predicted octanol–water partition coefficient (Wildman–Crippen LogP) is 8.85. The lowest BCUT2D eigenvalue weighted by Crippen LogP contribution is -2.58. The van der Waals surface area contributed by atoms with Gasteiger partial charge in [0.25, 0.3) is 0 Å². The molecule has 384 valence electrons. The Morgan fingerprint density at radius 1 is 0.863 bits per heavy atom. The predicted molar refractivity (Wildman–Crippen MR) is 282 cm³/mol. The average molecular weight is 1010 g/mol. The fraction of sp³-hybridized carbons (Fsp3) is 0.411. The van der Waals surface area contributed by atoms with Gasteiger partial charge in [-0.2, -0.15) is 0 Å². The van der Waals surface area contributed by atoms with Gasteiger partial charge in [-0.1, -0.05) is 56.3 Å². The zero-order valence-corrected chi connectivity index (χ0v) is 43.4. The van der Waals surface area contributed by atoms with Crippen LogP contribution in [-0.4, -0.2) is 99.9 Å². The van der Waals surface area contributed by atoms with Crippen LogP contribution in [0.1, 0.15) is 98.1 Å². The molecular formula is C56H66N8O8S. The van der Waals surface area contributed by atoms with Gasteiger partial charge in [0.2, 0.25) is 23.6 Å². The number of pyridine rings is 1. The molecule has 8 rings (SSSR count). The van der Waals surface area contributed by atoms with E-state index in [0.29, 0.717) is 82.4 Å². The number of fused-ring (bicyclic) bond motifs is 3. The van der Waals surface area contributed by atoms with E-state index >= 15 is 0 Å². The minimum absolute atomic E-state index is 0.192. The summed E-state index contributed by atoms with van der Waals surface area (Å²) in [4.78, 5) is 65.2. The number of nitrogens with one attached hydrogen (secondary N) is 2. The van der Waals surface area contributed by atoms with Gasteiger partial charge in [-0.25, -0.2) is 4.98 Å². The number of aromatic nitrogens is 4. The molecule has 1 aliphatic rings. The molecular weight excluding hydrogens is 945 g/mol. The summed E-state index contributed by atoms with van der Waals surface area (Å²) in [6.45, 7) is 14.4. The first-order valence-corrected chi connectivity index (χ1v) is 25.9. The Bertz CT molecular complexity index is 3030. The standard InChI is InChI=1S/C56H66N8O8S/c1-35-49(37(3)72-62-35)40-28-44(53(57)66)50-43-30-42(20-21-45(43)64(47(50)29-40)32-41-14-8-9-22-58-41)71-27-11-7-10-24-69-25-13-26-70-33-48(65)61-52(56(4,5)6)55(68)63-23-12-15-46(63)54(67)59-31-38-16-18-39(19-17-38)51-36(2)60-34-73-51/h8-9,14,16-22,28-30,34,46,52H,7,10-13,15,23-27,31-33H2,1-6H3,(H2,57,66)(H,59,67)(H,61,65)/t46-,52?/m0/s1. The zero-order chi connectivity index (χ0) is 51.6. The van der Waals surface area contributed by atoms with E-state index in [1.807, 2.05) is 114 Å². The van der Waals surface area contributed by atoms with E-state index in [2.05, 4.69) is 36.4 Å². The van der Waals surface area contributed by atoms with E-state index in [0.717, 1.165) is 85.3 Å². The third-order valence-electron chi connectivity index (χ3n) is 13.3. The van der Waals surface area contributed by atoms with Crippen LogP contribution in [0, 0.1) is 26.2 Å². The van der Waals surface area contributed by atoms with Gasteiger partial charge in [0, 0.05) is 66.5 Å². The molecule has 1 unspecified atom stereocenters. The fourth-order valence-corrected chi connectivity index (χ4v) is 10.3. The Morgan fingerprint density at radius 3 is 2.36 bits per heavy atom. The number of benzene rings is 3. The summed E-state index contributed by atoms with van der Waals surface area (Å²) >= 11 is 1.60. The van der Waals surface area contributed by atoms with Crippen molar-refractivity contribution in [3.8, 4) is 27.3 Å². The molecule has 7 aromatic rings. The number of likely N-dealkylation sites (tertiary alicyclic amines) is 1. The Morgan fingerprint density at radius 2 is 1.64 bits per heavy atom. The summed E-state index contributed by atoms with van der Waals surface area (Å²) in [7, 11) is 0. The van der Waals surface area contributed by atoms with Crippen LogP contribution in [0.4, 0.5) is 0 Å². The first kappa shape index (κ1) is 52.4. The number of hydrogen-bond acceptors (Lipinski definition) is 12. The normalized spacial score (nSPS) is 14.2. The van der Waals surface area contributed by atoms with Crippen LogP contribution in [0.3, 0.4) is 0 Å². The molecule has 0 bridgehead atoms. The van der Waals surface area contributed by atoms with Crippen LogP contribution >= 0.6 is 11.3 Å². The zero-order valence-electron chi connectivity index (χ0n) is 42.6. The van der Waals surface area contributed by atoms with Crippen molar-refractivity contribution in [2.45, 2.75) is 105 Å². The molecule has 4 amide bonds. The molecule has 5 heterocycles. The number of thiazole rings is 1. The van der Waals surface area contributed by atoms with E-state index < -0.39 is 23.4 Å². The third-order valence-corrected chi connectivity index (χ3v) is 14.2. The number of carbonyl (C=O) groups is 4. The van der Waals surface area contributed by atoms with Crippen LogP contribution in [0.5, 0.6) is 5.75 Å². The van der Waals surface area contributed by atoms with Crippen molar-refractivity contribution in [1.29, 1.82) is 0 Å². The minimum atomic E-state index is -0.833. The summed E-state index contributed by atoms with van der Waals surface area (Å²) in [6.07, 6.45) is 6.21. The average Bonchev–Trinajstić information content (AvgIpc) is 4.18. The second-order valence-electron chi connectivity index (χ2n) is 19.7. The largest absolute Gasteiger partial charge is 0.494 e. The highest BCUT2D eigenvalue weighted by Crippen LogP contribution is 2.39. The molecule has 16 nitrogen and oxygen atoms in total. The summed E-state index contributed by atoms with van der Waals surface area (Å²) in [5.41, 5.74) is 15.7. The number of unbranched alkanes of at least 4 members (excludes halogenated alkanes) is 2. The topological polar surface area (TPSA) is 206 Å². The molecule has 0 saturated carbocycles. The summed E-state index contributed by atoms with van der Waals surface area (Å²) in [5.74, 6) is -0.0538. The number of hydrogen-bond donors (Lipinski definition) is 3. The molecule has 0 spiro atoms. The second kappa shape index (κ2) is 23.7. The van der Waals surface area contributed by atoms with Gasteiger partial charge in [-0.05, 0) is 124 Å². The number of aryl methyl sites for hydroxylation is 3. The first-order chi connectivity index (χ1) is 35.2. The first-order valence-electron chi connectivity index (χ1n) is 25.1. The smallest absolute Gasteiger partial charge is 0.249 e. The molecule has 4 N–H and O–H groups in total. The highest BCUT2D eigenvalue weighted by atomic mass is 32.1. The Balaban J connectivity index is 0.749. The number of primary amides is 1. The van der Waals surface area contributed by atoms with Gasteiger partial charge < -0.3 is 44.6 Å². The van der Waals surface area contributed by atoms with Crippen molar-refractivity contribution in [2.24, 2.45) is 11.1 Å². The molecule has 17 heteroatoms. The third kappa shape index (κ3) is 12.6. The maximum absolute atomic E-state index is 14.0. The van der Waals surface area contributed by atoms with E-state index in [-0.39, 0.29) is 24.3 Å². The molecule has 0 aliphatic carbocycles. The summed E-state index contributed by atoms with van der Waals surface area (Å²) < 4.78 is 25.4. The van der Waals surface area contributed by atoms with Gasteiger partial charge in [0.05, 0.1) is 46.1 Å². The van der Waals surface area contributed by atoms with E-state index in [4.69, 9.17) is 24.5 Å². The van der Waals surface area contributed by atoms with Gasteiger partial charge in [0.15, 0.2) is 0 Å². The van der Waals surface area contributed by atoms with Crippen LogP contribution in [0.2, 0.25) is 0 Å². The van der Waals surface area contributed by atoms with Gasteiger partial charge in [0.1, 0.15) is 30.2 Å². The maximum atomic E-state index is 14.0. The molecule has 1 saturated heterocycles. The monoisotopic (exact) mass is 1010 g/mol. The Hall–Kier alpha value is -6.95. The molecule has 73 heavy (non-hydrogen) atoms.